The maximum atomic E-state index is 13.8. The first-order valence-corrected chi connectivity index (χ1v) is 12.0. The lowest BCUT2D eigenvalue weighted by atomic mass is 9.93. The smallest absolute Gasteiger partial charge is 0.460 e. The molecule has 0 aliphatic rings. The molecule has 0 amide bonds. The van der Waals surface area contributed by atoms with Gasteiger partial charge in [-0.2, -0.15) is 57.1 Å². The molecule has 0 N–H and O–H groups in total. The van der Waals surface area contributed by atoms with Gasteiger partial charge in [0.2, 0.25) is 5.12 Å². The molecule has 0 aliphatic heterocycles. The Kier molecular flexibility index (Phi) is 11.3. The molecular weight excluding hydrogens is 575 g/mol. The Bertz CT molecular complexity index is 900. The minimum absolute atomic E-state index is 0.118. The van der Waals surface area contributed by atoms with Crippen molar-refractivity contribution in [3.63, 3.8) is 0 Å². The quantitative estimate of drug-likeness (QED) is 0.149. The van der Waals surface area contributed by atoms with Gasteiger partial charge >= 0.3 is 35.8 Å². The van der Waals surface area contributed by atoms with Gasteiger partial charge in [-0.05, 0) is 30.7 Å². The van der Waals surface area contributed by atoms with Crippen molar-refractivity contribution in [2.24, 2.45) is 0 Å². The molecule has 1 aromatic rings. The normalized spacial score (nSPS) is 14.1. The zero-order chi connectivity index (χ0) is 29.6. The summed E-state index contributed by atoms with van der Waals surface area (Å²) in [6.07, 6.45) is -5.05. The molecule has 2 nitrogen and oxygen atoms in total. The average molecular weight is 598 g/mol. The molecule has 0 radical (unpaired) electrons. The molecule has 0 spiro atoms. The number of unbranched alkanes of at least 4 members (excludes halogenated alkanes) is 4. The third-order valence-corrected chi connectivity index (χ3v) is 6.16. The van der Waals surface area contributed by atoms with E-state index in [1.165, 1.54) is 24.3 Å². The van der Waals surface area contributed by atoms with Crippen molar-refractivity contribution in [1.82, 2.24) is 0 Å². The van der Waals surface area contributed by atoms with Gasteiger partial charge in [0.25, 0.3) is 0 Å². The van der Waals surface area contributed by atoms with Crippen LogP contribution in [0.15, 0.2) is 24.3 Å². The monoisotopic (exact) mass is 598 g/mol. The van der Waals surface area contributed by atoms with Crippen molar-refractivity contribution in [3.05, 3.63) is 29.8 Å². The van der Waals surface area contributed by atoms with Gasteiger partial charge in [0, 0.05) is 17.7 Å². The Labute approximate surface area is 213 Å². The van der Waals surface area contributed by atoms with Gasteiger partial charge < -0.3 is 4.74 Å². The highest BCUT2D eigenvalue weighted by Crippen LogP contribution is 2.60. The molecule has 16 heteroatoms. The summed E-state index contributed by atoms with van der Waals surface area (Å²) < 4.78 is 176. The van der Waals surface area contributed by atoms with Crippen LogP contribution in [0.3, 0.4) is 0 Å². The van der Waals surface area contributed by atoms with Crippen LogP contribution in [-0.4, -0.2) is 53.3 Å². The Morgan fingerprint density at radius 1 is 0.711 bits per heavy atom. The van der Waals surface area contributed by atoms with E-state index < -0.39 is 53.1 Å². The summed E-state index contributed by atoms with van der Waals surface area (Å²) in [7, 11) is 0. The molecule has 0 saturated carbocycles. The molecule has 0 unspecified atom stereocenters. The largest absolute Gasteiger partial charge is 0.494 e. The first-order chi connectivity index (χ1) is 17.2. The molecule has 1 rings (SSSR count). The van der Waals surface area contributed by atoms with Crippen LogP contribution in [0.5, 0.6) is 5.75 Å². The highest BCUT2D eigenvalue weighted by atomic mass is 32.2. The topological polar surface area (TPSA) is 26.3 Å². The van der Waals surface area contributed by atoms with Gasteiger partial charge in [0.1, 0.15) is 5.75 Å². The lowest BCUT2D eigenvalue weighted by Gasteiger charge is -2.39. The first kappa shape index (κ1) is 34.2. The SMILES string of the molecule is CCCCCCCOc1ccc(C(=O)SCCC(F)(F)C(F)(F)C(F)(F)C(F)(F)C(F)(F)C(F)(F)F)cc1. The molecule has 0 aliphatic carbocycles. The molecule has 0 aromatic heterocycles. The Morgan fingerprint density at radius 2 is 1.21 bits per heavy atom. The molecule has 0 bridgehead atoms. The van der Waals surface area contributed by atoms with Crippen molar-refractivity contribution < 1.29 is 66.6 Å². The number of alkyl halides is 13. The highest BCUT2D eigenvalue weighted by Gasteiger charge is 2.90. The summed E-state index contributed by atoms with van der Waals surface area (Å²) in [5.41, 5.74) is -0.165. The van der Waals surface area contributed by atoms with Gasteiger partial charge in [0.05, 0.1) is 6.61 Å². The number of thioether (sulfide) groups is 1. The van der Waals surface area contributed by atoms with E-state index in [1.807, 2.05) is 6.92 Å². The van der Waals surface area contributed by atoms with E-state index in [1.54, 1.807) is 0 Å². The van der Waals surface area contributed by atoms with Crippen LogP contribution in [0.1, 0.15) is 55.8 Å². The summed E-state index contributed by atoms with van der Waals surface area (Å²) in [4.78, 5) is 12.0. The number of hydrogen-bond donors (Lipinski definition) is 0. The van der Waals surface area contributed by atoms with Gasteiger partial charge in [0.15, 0.2) is 0 Å². The van der Waals surface area contributed by atoms with E-state index in [-0.39, 0.29) is 17.3 Å². The van der Waals surface area contributed by atoms with E-state index in [0.717, 1.165) is 32.1 Å². The van der Waals surface area contributed by atoms with Gasteiger partial charge in [-0.3, -0.25) is 4.79 Å². The summed E-state index contributed by atoms with van der Waals surface area (Å²) >= 11 is -0.118. The van der Waals surface area contributed by atoms with E-state index >= 15 is 0 Å². The zero-order valence-electron chi connectivity index (χ0n) is 19.6. The standard InChI is InChI=1S/C22H23F13O2S/c1-2-3-4-5-6-12-37-15-9-7-14(8-10-15)16(36)38-13-11-17(23,24)18(25,26)19(27,28)20(29,30)21(31,32)22(33,34)35/h7-10H,2-6,11-13H2,1H3. The summed E-state index contributed by atoms with van der Waals surface area (Å²) in [6.45, 7) is 2.41. The Balaban J connectivity index is 2.79. The first-order valence-electron chi connectivity index (χ1n) is 11.0. The lowest BCUT2D eigenvalue weighted by molar-refractivity contribution is -0.439. The van der Waals surface area contributed by atoms with Gasteiger partial charge in [-0.25, -0.2) is 0 Å². The van der Waals surface area contributed by atoms with E-state index in [0.29, 0.717) is 12.4 Å². The number of benzene rings is 1. The number of rotatable bonds is 15. The molecule has 0 saturated heterocycles. The number of carbonyl (C=O) groups excluding carboxylic acids is 1. The van der Waals surface area contributed by atoms with Crippen LogP contribution >= 0.6 is 11.8 Å². The highest BCUT2D eigenvalue weighted by molar-refractivity contribution is 8.14. The lowest BCUT2D eigenvalue weighted by Crippen LogP contribution is -2.70. The molecule has 0 heterocycles. The van der Waals surface area contributed by atoms with E-state index in [2.05, 4.69) is 0 Å². The molecule has 220 valence electrons. The summed E-state index contributed by atoms with van der Waals surface area (Å²) in [5, 5.41) is -1.03. The maximum absolute atomic E-state index is 13.8. The number of ether oxygens (including phenoxy) is 1. The van der Waals surface area contributed by atoms with Crippen LogP contribution in [0.4, 0.5) is 57.1 Å². The van der Waals surface area contributed by atoms with Crippen LogP contribution in [0.25, 0.3) is 0 Å². The third-order valence-electron chi connectivity index (χ3n) is 5.25. The van der Waals surface area contributed by atoms with Crippen LogP contribution in [0, 0.1) is 0 Å². The van der Waals surface area contributed by atoms with E-state index in [9.17, 15) is 61.9 Å². The predicted octanol–water partition coefficient (Wildman–Crippen LogP) is 9.04. The Morgan fingerprint density at radius 3 is 1.71 bits per heavy atom. The van der Waals surface area contributed by atoms with Crippen LogP contribution in [0.2, 0.25) is 0 Å². The predicted molar refractivity (Wildman–Crippen MR) is 113 cm³/mol. The molecule has 1 aromatic carbocycles. The number of halogens is 13. The third kappa shape index (κ3) is 7.20. The minimum Gasteiger partial charge on any atom is -0.494 e. The second kappa shape index (κ2) is 12.5. The van der Waals surface area contributed by atoms with Crippen molar-refractivity contribution in [2.75, 3.05) is 12.4 Å². The second-order valence-corrected chi connectivity index (χ2v) is 9.24. The van der Waals surface area contributed by atoms with Crippen molar-refractivity contribution in [3.8, 4) is 5.75 Å². The molecule has 0 atom stereocenters. The zero-order valence-corrected chi connectivity index (χ0v) is 20.4. The van der Waals surface area contributed by atoms with Crippen LogP contribution < -0.4 is 4.74 Å². The van der Waals surface area contributed by atoms with Crippen LogP contribution in [-0.2, 0) is 0 Å². The van der Waals surface area contributed by atoms with Crippen molar-refractivity contribution in [2.45, 2.75) is 81.2 Å². The fourth-order valence-electron chi connectivity index (χ4n) is 2.90. The summed E-state index contributed by atoms with van der Waals surface area (Å²) in [5.74, 6) is -38.1. The summed E-state index contributed by atoms with van der Waals surface area (Å²) in [6, 6.07) is 4.99. The molecule has 38 heavy (non-hydrogen) atoms. The fraction of sp³-hybridized carbons (Fsp3) is 0.682. The fourth-order valence-corrected chi connectivity index (χ4v) is 3.74. The second-order valence-electron chi connectivity index (χ2n) is 8.17. The Hall–Kier alpha value is -1.87. The number of carbonyl (C=O) groups is 1. The van der Waals surface area contributed by atoms with Crippen molar-refractivity contribution >= 4 is 16.9 Å². The van der Waals surface area contributed by atoms with Gasteiger partial charge in [-0.15, -0.1) is 0 Å². The van der Waals surface area contributed by atoms with Crippen molar-refractivity contribution in [1.29, 1.82) is 0 Å². The number of hydrogen-bond acceptors (Lipinski definition) is 3. The molecule has 0 fully saturated rings. The average Bonchev–Trinajstić information content (AvgIpc) is 2.80. The van der Waals surface area contributed by atoms with E-state index in [4.69, 9.17) is 4.74 Å². The maximum Gasteiger partial charge on any atom is 0.460 e. The molecular formula is C22H23F13O2S. The minimum atomic E-state index is -7.94. The van der Waals surface area contributed by atoms with Gasteiger partial charge in [-0.1, -0.05) is 44.4 Å².